The Morgan fingerprint density at radius 2 is 1.95 bits per heavy atom. The van der Waals surface area contributed by atoms with Gasteiger partial charge in [0.1, 0.15) is 11.8 Å². The quantitative estimate of drug-likeness (QED) is 0.863. The lowest BCUT2D eigenvalue weighted by Gasteiger charge is -2.12. The van der Waals surface area contributed by atoms with E-state index >= 15 is 0 Å². The van der Waals surface area contributed by atoms with Gasteiger partial charge in [0.2, 0.25) is 0 Å². The zero-order valence-electron chi connectivity index (χ0n) is 10.0. The molecule has 1 unspecified atom stereocenters. The summed E-state index contributed by atoms with van der Waals surface area (Å²) in [4.78, 5) is 11.0. The van der Waals surface area contributed by atoms with Gasteiger partial charge in [-0.3, -0.25) is 4.79 Å². The maximum absolute atomic E-state index is 13.7. The summed E-state index contributed by atoms with van der Waals surface area (Å²) >= 11 is 0. The Labute approximate surface area is 118 Å². The number of hydrogen-bond acceptors (Lipinski definition) is 4. The predicted octanol–water partition coefficient (Wildman–Crippen LogP) is 2.01. The van der Waals surface area contributed by atoms with Crippen LogP contribution in [0.5, 0.6) is 0 Å². The van der Waals surface area contributed by atoms with Crippen LogP contribution in [-0.2, 0) is 18.6 Å². The highest BCUT2D eigenvalue weighted by Crippen LogP contribution is 2.26. The van der Waals surface area contributed by atoms with Crippen molar-refractivity contribution >= 4 is 31.3 Å². The van der Waals surface area contributed by atoms with Crippen LogP contribution < -0.4 is 5.32 Å². The maximum Gasteiger partial charge on any atom is 0.261 e. The van der Waals surface area contributed by atoms with E-state index in [1.807, 2.05) is 5.32 Å². The predicted molar refractivity (Wildman–Crippen MR) is 67.0 cm³/mol. The van der Waals surface area contributed by atoms with Gasteiger partial charge in [-0.05, 0) is 25.0 Å². The third-order valence-electron chi connectivity index (χ3n) is 2.77. The molecule has 1 saturated heterocycles. The molecule has 1 aliphatic rings. The Morgan fingerprint density at radius 1 is 1.35 bits per heavy atom. The normalized spacial score (nSPS) is 19.1. The first-order valence-corrected chi connectivity index (χ1v) is 7.96. The van der Waals surface area contributed by atoms with Crippen molar-refractivity contribution in [3.8, 4) is 0 Å². The van der Waals surface area contributed by atoms with Crippen LogP contribution in [0.4, 0.5) is 14.5 Å². The molecule has 1 aromatic carbocycles. The van der Waals surface area contributed by atoms with E-state index in [9.17, 15) is 22.0 Å². The second-order valence-electron chi connectivity index (χ2n) is 4.19. The summed E-state index contributed by atoms with van der Waals surface area (Å²) in [7, 11) is 0.742. The fraction of sp³-hybridized carbons (Fsp3) is 0.364. The first kappa shape index (κ1) is 15.1. The average Bonchev–Trinajstić information content (AvgIpc) is 2.85. The molecule has 0 saturated carbocycles. The van der Waals surface area contributed by atoms with Crippen molar-refractivity contribution < 1.29 is 26.7 Å². The van der Waals surface area contributed by atoms with Crippen LogP contribution >= 0.6 is 10.7 Å². The van der Waals surface area contributed by atoms with Crippen LogP contribution in [-0.4, -0.2) is 27.0 Å². The van der Waals surface area contributed by atoms with Crippen molar-refractivity contribution in [1.82, 2.24) is 0 Å². The van der Waals surface area contributed by atoms with Crippen molar-refractivity contribution in [2.75, 3.05) is 11.9 Å². The lowest BCUT2D eigenvalue weighted by molar-refractivity contribution is -0.124. The van der Waals surface area contributed by atoms with E-state index in [1.54, 1.807) is 0 Å². The Morgan fingerprint density at radius 3 is 2.40 bits per heavy atom. The SMILES string of the molecule is O=C(Nc1c(F)cc(S(=O)(=O)Cl)cc1F)C1CCCO1. The molecule has 1 heterocycles. The van der Waals surface area contributed by atoms with Gasteiger partial charge in [-0.1, -0.05) is 0 Å². The van der Waals surface area contributed by atoms with Crippen molar-refractivity contribution in [3.05, 3.63) is 23.8 Å². The Balaban J connectivity index is 2.26. The molecule has 5 nitrogen and oxygen atoms in total. The lowest BCUT2D eigenvalue weighted by Crippen LogP contribution is -2.27. The van der Waals surface area contributed by atoms with Crippen LogP contribution in [0.1, 0.15) is 12.8 Å². The molecule has 20 heavy (non-hydrogen) atoms. The molecule has 1 aromatic rings. The highest BCUT2D eigenvalue weighted by atomic mass is 35.7. The van der Waals surface area contributed by atoms with Gasteiger partial charge in [-0.2, -0.15) is 0 Å². The van der Waals surface area contributed by atoms with Gasteiger partial charge >= 0.3 is 0 Å². The number of hydrogen-bond donors (Lipinski definition) is 1. The first-order valence-electron chi connectivity index (χ1n) is 5.65. The second-order valence-corrected chi connectivity index (χ2v) is 6.76. The lowest BCUT2D eigenvalue weighted by atomic mass is 10.2. The molecular formula is C11H10ClF2NO4S. The molecule has 0 radical (unpaired) electrons. The van der Waals surface area contributed by atoms with E-state index < -0.39 is 43.3 Å². The van der Waals surface area contributed by atoms with E-state index in [4.69, 9.17) is 15.4 Å². The van der Waals surface area contributed by atoms with Gasteiger partial charge in [0.15, 0.2) is 11.6 Å². The zero-order chi connectivity index (χ0) is 14.9. The van der Waals surface area contributed by atoms with Crippen molar-refractivity contribution in [3.63, 3.8) is 0 Å². The summed E-state index contributed by atoms with van der Waals surface area (Å²) in [5.74, 6) is -3.13. The summed E-state index contributed by atoms with van der Waals surface area (Å²) in [5.41, 5.74) is -0.727. The fourth-order valence-electron chi connectivity index (χ4n) is 1.80. The maximum atomic E-state index is 13.7. The average molecular weight is 326 g/mol. The van der Waals surface area contributed by atoms with Crippen LogP contribution in [0.3, 0.4) is 0 Å². The van der Waals surface area contributed by atoms with Gasteiger partial charge in [-0.15, -0.1) is 0 Å². The van der Waals surface area contributed by atoms with E-state index in [0.29, 0.717) is 31.6 Å². The number of rotatable bonds is 3. The standard InChI is InChI=1S/C11H10ClF2NO4S/c12-20(17,18)6-4-7(13)10(8(14)5-6)15-11(16)9-2-1-3-19-9/h4-5,9H,1-3H2,(H,15,16). The number of ether oxygens (including phenoxy) is 1. The molecule has 1 aliphatic heterocycles. The smallest absolute Gasteiger partial charge is 0.261 e. The molecule has 1 atom stereocenters. The van der Waals surface area contributed by atoms with E-state index in [0.717, 1.165) is 0 Å². The second kappa shape index (κ2) is 5.63. The van der Waals surface area contributed by atoms with Gasteiger partial charge in [0.25, 0.3) is 15.0 Å². The summed E-state index contributed by atoms with van der Waals surface area (Å²) < 4.78 is 54.4. The van der Waals surface area contributed by atoms with Crippen molar-refractivity contribution in [1.29, 1.82) is 0 Å². The topological polar surface area (TPSA) is 72.5 Å². The molecule has 110 valence electrons. The number of benzene rings is 1. The zero-order valence-corrected chi connectivity index (χ0v) is 11.6. The molecular weight excluding hydrogens is 316 g/mol. The minimum absolute atomic E-state index is 0.409. The van der Waals surface area contributed by atoms with Gasteiger partial charge < -0.3 is 10.1 Å². The molecule has 1 amide bonds. The number of carbonyl (C=O) groups is 1. The van der Waals surface area contributed by atoms with Crippen LogP contribution in [0.15, 0.2) is 17.0 Å². The monoisotopic (exact) mass is 325 g/mol. The summed E-state index contributed by atoms with van der Waals surface area (Å²) in [6.07, 6.45) is 0.389. The van der Waals surface area contributed by atoms with Crippen molar-refractivity contribution in [2.24, 2.45) is 0 Å². The highest BCUT2D eigenvalue weighted by Gasteiger charge is 2.26. The summed E-state index contributed by atoms with van der Waals surface area (Å²) in [6.45, 7) is 0.409. The Hall–Kier alpha value is -1.25. The van der Waals surface area contributed by atoms with Gasteiger partial charge in [-0.25, -0.2) is 17.2 Å². The molecule has 1 N–H and O–H groups in total. The van der Waals surface area contributed by atoms with E-state index in [2.05, 4.69) is 0 Å². The third kappa shape index (κ3) is 3.25. The number of anilines is 1. The summed E-state index contributed by atoms with van der Waals surface area (Å²) in [6, 6.07) is 1.08. The van der Waals surface area contributed by atoms with E-state index in [1.165, 1.54) is 0 Å². The van der Waals surface area contributed by atoms with Crippen molar-refractivity contribution in [2.45, 2.75) is 23.8 Å². The number of amides is 1. The Bertz CT molecular complexity index is 621. The van der Waals surface area contributed by atoms with Gasteiger partial charge in [0.05, 0.1) is 4.90 Å². The number of carbonyl (C=O) groups excluding carboxylic acids is 1. The summed E-state index contributed by atoms with van der Waals surface area (Å²) in [5, 5.41) is 2.05. The Kier molecular flexibility index (Phi) is 4.26. The van der Waals surface area contributed by atoms with Gasteiger partial charge in [0, 0.05) is 17.3 Å². The molecule has 9 heteroatoms. The molecule has 0 spiro atoms. The molecule has 1 fully saturated rings. The highest BCUT2D eigenvalue weighted by molar-refractivity contribution is 8.13. The number of halogens is 3. The molecule has 0 aliphatic carbocycles. The minimum atomic E-state index is -4.25. The number of nitrogens with one attached hydrogen (secondary N) is 1. The molecule has 0 bridgehead atoms. The largest absolute Gasteiger partial charge is 0.368 e. The van der Waals surface area contributed by atoms with E-state index in [-0.39, 0.29) is 0 Å². The van der Waals surface area contributed by atoms with Crippen LogP contribution in [0.25, 0.3) is 0 Å². The first-order chi connectivity index (χ1) is 9.29. The van der Waals surface area contributed by atoms with Crippen LogP contribution in [0, 0.1) is 11.6 Å². The minimum Gasteiger partial charge on any atom is -0.368 e. The third-order valence-corrected chi connectivity index (χ3v) is 4.10. The van der Waals surface area contributed by atoms with Crippen LogP contribution in [0.2, 0.25) is 0 Å². The molecule has 0 aromatic heterocycles. The molecule has 2 rings (SSSR count). The fourth-order valence-corrected chi connectivity index (χ4v) is 2.55.